The third kappa shape index (κ3) is 4.26. The van der Waals surface area contributed by atoms with Gasteiger partial charge in [-0.1, -0.05) is 6.07 Å². The first kappa shape index (κ1) is 23.0. The summed E-state index contributed by atoms with van der Waals surface area (Å²) >= 11 is 0. The van der Waals surface area contributed by atoms with E-state index in [0.29, 0.717) is 39.7 Å². The zero-order chi connectivity index (χ0) is 24.9. The summed E-state index contributed by atoms with van der Waals surface area (Å²) in [4.78, 5) is 28.2. The highest BCUT2D eigenvalue weighted by molar-refractivity contribution is 5.99. The van der Waals surface area contributed by atoms with Crippen LogP contribution >= 0.6 is 0 Å². The molecule has 1 aliphatic rings. The highest BCUT2D eigenvalue weighted by Gasteiger charge is 2.41. The molecule has 1 aromatic carbocycles. The van der Waals surface area contributed by atoms with Crippen molar-refractivity contribution in [2.45, 2.75) is 58.2 Å². The lowest BCUT2D eigenvalue weighted by atomic mass is 9.74. The van der Waals surface area contributed by atoms with E-state index in [-0.39, 0.29) is 17.5 Å². The van der Waals surface area contributed by atoms with Gasteiger partial charge in [0.15, 0.2) is 0 Å². The number of amides is 1. The average molecular weight is 484 g/mol. The van der Waals surface area contributed by atoms with Crippen molar-refractivity contribution < 1.29 is 18.3 Å². The number of hydrogen-bond donors (Lipinski definition) is 3. The number of methoxy groups -OCH3 is 1. The molecule has 1 amide bonds. The summed E-state index contributed by atoms with van der Waals surface area (Å²) in [6.07, 6.45) is 0.856. The molecule has 11 heteroatoms. The number of rotatable bonds is 7. The first-order valence-electron chi connectivity index (χ1n) is 11.4. The molecule has 0 bridgehead atoms. The summed E-state index contributed by atoms with van der Waals surface area (Å²) in [7, 11) is 1.55. The molecule has 3 N–H and O–H groups in total. The van der Waals surface area contributed by atoms with E-state index in [1.54, 1.807) is 14.0 Å². The monoisotopic (exact) mass is 483 g/mol. The molecule has 0 spiro atoms. The number of carbonyl (C=O) groups excluding carboxylic acids is 1. The summed E-state index contributed by atoms with van der Waals surface area (Å²) in [5.41, 5.74) is 3.27. The zero-order valence-corrected chi connectivity index (χ0v) is 19.9. The zero-order valence-electron chi connectivity index (χ0n) is 19.9. The fourth-order valence-corrected chi connectivity index (χ4v) is 5.06. The van der Waals surface area contributed by atoms with Gasteiger partial charge in [-0.3, -0.25) is 4.79 Å². The van der Waals surface area contributed by atoms with Gasteiger partial charge >= 0.3 is 0 Å². The average Bonchev–Trinajstić information content (AvgIpc) is 3.32. The maximum absolute atomic E-state index is 13.1. The lowest BCUT2D eigenvalue weighted by molar-refractivity contribution is -0.121. The largest absolute Gasteiger partial charge is 0.480 e. The van der Waals surface area contributed by atoms with Gasteiger partial charge < -0.3 is 24.9 Å². The van der Waals surface area contributed by atoms with Crippen molar-refractivity contribution in [2.24, 2.45) is 0 Å². The van der Waals surface area contributed by atoms with Crippen molar-refractivity contribution >= 4 is 33.9 Å². The van der Waals surface area contributed by atoms with Gasteiger partial charge in [0.2, 0.25) is 17.7 Å². The molecule has 35 heavy (non-hydrogen) atoms. The Kier molecular flexibility index (Phi) is 5.57. The molecule has 184 valence electrons. The fourth-order valence-electron chi connectivity index (χ4n) is 5.06. The minimum atomic E-state index is -2.48. The number of aryl methyl sites for hydroxylation is 1. The molecule has 4 aromatic rings. The molecule has 9 nitrogen and oxygen atoms in total. The van der Waals surface area contributed by atoms with Gasteiger partial charge in [-0.15, -0.1) is 0 Å². The molecule has 1 aliphatic carbocycles. The Morgan fingerprint density at radius 2 is 2.09 bits per heavy atom. The maximum atomic E-state index is 13.1. The van der Waals surface area contributed by atoms with Gasteiger partial charge in [0.05, 0.1) is 30.1 Å². The standard InChI is InChI=1S/C24H27F2N7O2/c1-12-28-17-6-5-14(7-18(17)33(12)11-19(25)26)16-10-27-21-20(16)22(35-4)31-23(30-21)29-15-8-24(3,9-15)32-13(2)34/h5-7,10,15,19H,8-9,11H2,1-4H3,(H,32,34)(H2,27,29,30,31)/t15-,24+. The van der Waals surface area contributed by atoms with Crippen molar-refractivity contribution in [3.63, 3.8) is 0 Å². The lowest BCUT2D eigenvalue weighted by Gasteiger charge is -2.45. The van der Waals surface area contributed by atoms with Gasteiger partial charge in [0.25, 0.3) is 6.43 Å². The Morgan fingerprint density at radius 3 is 2.77 bits per heavy atom. The smallest absolute Gasteiger partial charge is 0.256 e. The second-order valence-corrected chi connectivity index (χ2v) is 9.34. The number of anilines is 1. The summed E-state index contributed by atoms with van der Waals surface area (Å²) in [6.45, 7) is 4.84. The number of imidazole rings is 1. The first-order valence-corrected chi connectivity index (χ1v) is 11.4. The van der Waals surface area contributed by atoms with Crippen molar-refractivity contribution in [3.05, 3.63) is 30.2 Å². The number of nitrogens with one attached hydrogen (secondary N) is 3. The van der Waals surface area contributed by atoms with E-state index < -0.39 is 13.0 Å². The molecule has 3 aromatic heterocycles. The number of alkyl halides is 2. The highest BCUT2D eigenvalue weighted by atomic mass is 19.3. The normalized spacial score (nSPS) is 19.8. The number of aromatic amines is 1. The Morgan fingerprint density at radius 1 is 1.31 bits per heavy atom. The quantitative estimate of drug-likeness (QED) is 0.366. The Labute approximate surface area is 200 Å². The van der Waals surface area contributed by atoms with Crippen LogP contribution < -0.4 is 15.4 Å². The number of aromatic nitrogens is 5. The number of ether oxygens (including phenoxy) is 1. The Hall–Kier alpha value is -3.76. The Bertz CT molecular complexity index is 1420. The van der Waals surface area contributed by atoms with Crippen LogP contribution in [0, 0.1) is 6.92 Å². The van der Waals surface area contributed by atoms with Gasteiger partial charge in [-0.2, -0.15) is 9.97 Å². The number of carbonyl (C=O) groups is 1. The predicted molar refractivity (Wildman–Crippen MR) is 129 cm³/mol. The van der Waals surface area contributed by atoms with Gasteiger partial charge in [-0.05, 0) is 44.4 Å². The number of halogens is 2. The first-order chi connectivity index (χ1) is 16.7. The van der Waals surface area contributed by atoms with E-state index in [1.165, 1.54) is 11.5 Å². The molecule has 0 radical (unpaired) electrons. The van der Waals surface area contributed by atoms with Crippen LogP contribution in [0.2, 0.25) is 0 Å². The van der Waals surface area contributed by atoms with Crippen LogP contribution in [0.5, 0.6) is 5.88 Å². The van der Waals surface area contributed by atoms with Crippen LogP contribution in [-0.2, 0) is 11.3 Å². The molecule has 1 fully saturated rings. The third-order valence-corrected chi connectivity index (χ3v) is 6.47. The second-order valence-electron chi connectivity index (χ2n) is 9.34. The summed E-state index contributed by atoms with van der Waals surface area (Å²) in [5.74, 6) is 1.32. The summed E-state index contributed by atoms with van der Waals surface area (Å²) < 4.78 is 33.4. The third-order valence-electron chi connectivity index (χ3n) is 6.47. The van der Waals surface area contributed by atoms with Crippen LogP contribution in [0.4, 0.5) is 14.7 Å². The fraction of sp³-hybridized carbons (Fsp3) is 0.417. The minimum Gasteiger partial charge on any atom is -0.480 e. The van der Waals surface area contributed by atoms with Crippen LogP contribution in [0.25, 0.3) is 33.2 Å². The summed E-state index contributed by atoms with van der Waals surface area (Å²) in [6, 6.07) is 5.70. The molecular formula is C24H27F2N7O2. The number of hydrogen-bond acceptors (Lipinski definition) is 6. The number of nitrogens with zero attached hydrogens (tertiary/aromatic N) is 4. The molecule has 3 heterocycles. The molecule has 0 saturated heterocycles. The Balaban J connectivity index is 1.47. The van der Waals surface area contributed by atoms with Gasteiger partial charge in [-0.25, -0.2) is 13.8 Å². The van der Waals surface area contributed by atoms with Crippen molar-refractivity contribution in [3.8, 4) is 17.0 Å². The highest BCUT2D eigenvalue weighted by Crippen LogP contribution is 2.37. The van der Waals surface area contributed by atoms with E-state index in [4.69, 9.17) is 4.74 Å². The maximum Gasteiger partial charge on any atom is 0.256 e. The number of H-pyrrole nitrogens is 1. The van der Waals surface area contributed by atoms with E-state index in [9.17, 15) is 13.6 Å². The SMILES string of the molecule is COc1nc(N[C@H]2C[C@@](C)(NC(C)=O)C2)nc2[nH]cc(-c3ccc4nc(C)n(CC(F)F)c4c3)c12. The van der Waals surface area contributed by atoms with Gasteiger partial charge in [0, 0.05) is 30.3 Å². The molecule has 0 aliphatic heterocycles. The summed E-state index contributed by atoms with van der Waals surface area (Å²) in [5, 5.41) is 6.99. The number of benzene rings is 1. The van der Waals surface area contributed by atoms with Crippen molar-refractivity contribution in [1.29, 1.82) is 0 Å². The van der Waals surface area contributed by atoms with E-state index in [1.807, 2.05) is 31.3 Å². The molecule has 5 rings (SSSR count). The van der Waals surface area contributed by atoms with Crippen LogP contribution in [0.15, 0.2) is 24.4 Å². The van der Waals surface area contributed by atoms with Crippen LogP contribution in [0.1, 0.15) is 32.5 Å². The number of fused-ring (bicyclic) bond motifs is 2. The lowest BCUT2D eigenvalue weighted by Crippen LogP contribution is -2.59. The van der Waals surface area contributed by atoms with E-state index in [2.05, 4.69) is 30.6 Å². The van der Waals surface area contributed by atoms with Crippen molar-refractivity contribution in [1.82, 2.24) is 29.8 Å². The van der Waals surface area contributed by atoms with Gasteiger partial charge in [0.1, 0.15) is 11.5 Å². The van der Waals surface area contributed by atoms with Crippen molar-refractivity contribution in [2.75, 3.05) is 12.4 Å². The molecule has 0 atom stereocenters. The van der Waals surface area contributed by atoms with Crippen LogP contribution in [0.3, 0.4) is 0 Å². The van der Waals surface area contributed by atoms with E-state index >= 15 is 0 Å². The van der Waals surface area contributed by atoms with Crippen LogP contribution in [-0.4, -0.2) is 55.5 Å². The molecular weight excluding hydrogens is 456 g/mol. The predicted octanol–water partition coefficient (Wildman–Crippen LogP) is 4.03. The second kappa shape index (κ2) is 8.47. The molecule has 1 saturated carbocycles. The topological polar surface area (TPSA) is 110 Å². The minimum absolute atomic E-state index is 0.0465. The molecule has 0 unspecified atom stereocenters. The van der Waals surface area contributed by atoms with E-state index in [0.717, 1.165) is 24.0 Å².